The topological polar surface area (TPSA) is 80.0 Å². The largest absolute Gasteiger partial charge is 0.368 e. The highest BCUT2D eigenvalue weighted by Crippen LogP contribution is 2.28. The summed E-state index contributed by atoms with van der Waals surface area (Å²) in [4.78, 5) is 15.0. The fraction of sp³-hybridized carbons (Fsp3) is 0.800. The second-order valence-electron chi connectivity index (χ2n) is 6.01. The molecule has 1 saturated carbocycles. The molecule has 0 amide bonds. The highest BCUT2D eigenvalue weighted by atomic mass is 15.3. The average Bonchev–Trinajstić information content (AvgIpc) is 2.46. The van der Waals surface area contributed by atoms with E-state index in [1.807, 2.05) is 0 Å². The number of nitrogens with zero attached hydrogens (tertiary/aromatic N) is 4. The quantitative estimate of drug-likeness (QED) is 0.838. The summed E-state index contributed by atoms with van der Waals surface area (Å²) in [6.07, 6.45) is 5.27. The van der Waals surface area contributed by atoms with Crippen LogP contribution in [-0.4, -0.2) is 34.6 Å². The Hall–Kier alpha value is -1.59. The molecular weight excluding hydrogens is 264 g/mol. The van der Waals surface area contributed by atoms with Crippen LogP contribution in [-0.2, 0) is 0 Å². The van der Waals surface area contributed by atoms with Gasteiger partial charge in [0.05, 0.1) is 0 Å². The standard InChI is InChI=1S/C15H28N6/c1-4-21(5-2)15-19-13(16)18-14(20-15)17-10-12-8-6-7-11(3)9-12/h11-12H,4-10H2,1-3H3,(H3,16,17,18,19,20). The van der Waals surface area contributed by atoms with E-state index in [2.05, 4.69) is 45.9 Å². The lowest BCUT2D eigenvalue weighted by molar-refractivity contribution is 0.293. The van der Waals surface area contributed by atoms with E-state index >= 15 is 0 Å². The van der Waals surface area contributed by atoms with E-state index in [-0.39, 0.29) is 5.95 Å². The first-order valence-electron chi connectivity index (χ1n) is 8.12. The number of hydrogen-bond donors (Lipinski definition) is 2. The minimum absolute atomic E-state index is 0.284. The van der Waals surface area contributed by atoms with Gasteiger partial charge in [-0.2, -0.15) is 15.0 Å². The number of nitrogens with one attached hydrogen (secondary N) is 1. The zero-order chi connectivity index (χ0) is 15.2. The molecule has 1 aliphatic rings. The third kappa shape index (κ3) is 4.44. The first-order valence-corrected chi connectivity index (χ1v) is 8.12. The molecule has 21 heavy (non-hydrogen) atoms. The van der Waals surface area contributed by atoms with Crippen LogP contribution in [0.2, 0.25) is 0 Å². The number of nitrogens with two attached hydrogens (primary N) is 1. The molecule has 0 aliphatic heterocycles. The zero-order valence-corrected chi connectivity index (χ0v) is 13.5. The highest BCUT2D eigenvalue weighted by molar-refractivity contribution is 5.41. The molecule has 1 aromatic rings. The number of nitrogen functional groups attached to an aromatic ring is 1. The van der Waals surface area contributed by atoms with Gasteiger partial charge in [-0.3, -0.25) is 0 Å². The Labute approximate surface area is 127 Å². The van der Waals surface area contributed by atoms with Crippen LogP contribution in [0.4, 0.5) is 17.8 Å². The Kier molecular flexibility index (Phi) is 5.59. The minimum atomic E-state index is 0.284. The number of hydrogen-bond acceptors (Lipinski definition) is 6. The molecule has 6 heteroatoms. The molecule has 0 radical (unpaired) electrons. The van der Waals surface area contributed by atoms with E-state index in [4.69, 9.17) is 5.73 Å². The Morgan fingerprint density at radius 2 is 1.95 bits per heavy atom. The van der Waals surface area contributed by atoms with Gasteiger partial charge in [0.1, 0.15) is 0 Å². The third-order valence-electron chi connectivity index (χ3n) is 4.28. The Morgan fingerprint density at radius 3 is 2.62 bits per heavy atom. The van der Waals surface area contributed by atoms with Gasteiger partial charge in [0.25, 0.3) is 0 Å². The van der Waals surface area contributed by atoms with Crippen molar-refractivity contribution in [2.24, 2.45) is 11.8 Å². The van der Waals surface area contributed by atoms with Crippen LogP contribution in [0.15, 0.2) is 0 Å². The van der Waals surface area contributed by atoms with E-state index in [1.165, 1.54) is 25.7 Å². The fourth-order valence-electron chi connectivity index (χ4n) is 3.09. The highest BCUT2D eigenvalue weighted by Gasteiger charge is 2.19. The molecule has 2 rings (SSSR count). The molecule has 3 N–H and O–H groups in total. The van der Waals surface area contributed by atoms with E-state index in [9.17, 15) is 0 Å². The van der Waals surface area contributed by atoms with E-state index in [0.717, 1.165) is 25.6 Å². The summed E-state index contributed by atoms with van der Waals surface area (Å²) in [6.45, 7) is 9.15. The van der Waals surface area contributed by atoms with Crippen molar-refractivity contribution in [3.05, 3.63) is 0 Å². The summed E-state index contributed by atoms with van der Waals surface area (Å²) in [5.41, 5.74) is 5.81. The Morgan fingerprint density at radius 1 is 1.19 bits per heavy atom. The molecule has 0 bridgehead atoms. The van der Waals surface area contributed by atoms with Gasteiger partial charge in [0.2, 0.25) is 17.8 Å². The van der Waals surface area contributed by atoms with E-state index in [1.54, 1.807) is 0 Å². The van der Waals surface area contributed by atoms with Gasteiger partial charge in [-0.15, -0.1) is 0 Å². The van der Waals surface area contributed by atoms with Crippen LogP contribution in [0, 0.1) is 11.8 Å². The summed E-state index contributed by atoms with van der Waals surface area (Å²) in [5.74, 6) is 3.09. The fourth-order valence-corrected chi connectivity index (χ4v) is 3.09. The first kappa shape index (κ1) is 15.8. The second-order valence-corrected chi connectivity index (χ2v) is 6.01. The zero-order valence-electron chi connectivity index (χ0n) is 13.5. The van der Waals surface area contributed by atoms with Gasteiger partial charge in [0.15, 0.2) is 0 Å². The Balaban J connectivity index is 1.99. The molecule has 1 fully saturated rings. The van der Waals surface area contributed by atoms with Crippen LogP contribution in [0.25, 0.3) is 0 Å². The molecule has 0 spiro atoms. The predicted octanol–water partition coefficient (Wildman–Crippen LogP) is 2.54. The van der Waals surface area contributed by atoms with Gasteiger partial charge in [0, 0.05) is 19.6 Å². The monoisotopic (exact) mass is 292 g/mol. The van der Waals surface area contributed by atoms with Gasteiger partial charge < -0.3 is 16.0 Å². The van der Waals surface area contributed by atoms with Crippen molar-refractivity contribution < 1.29 is 0 Å². The maximum Gasteiger partial charge on any atom is 0.231 e. The van der Waals surface area contributed by atoms with Crippen molar-refractivity contribution in [2.45, 2.75) is 46.5 Å². The SMILES string of the molecule is CCN(CC)c1nc(N)nc(NCC2CCCC(C)C2)n1. The minimum Gasteiger partial charge on any atom is -0.368 e. The van der Waals surface area contributed by atoms with Crippen LogP contribution in [0.1, 0.15) is 46.5 Å². The number of aromatic nitrogens is 3. The van der Waals surface area contributed by atoms with Crippen LogP contribution in [0.3, 0.4) is 0 Å². The predicted molar refractivity (Wildman–Crippen MR) is 87.4 cm³/mol. The molecule has 1 aromatic heterocycles. The van der Waals surface area contributed by atoms with Crippen LogP contribution >= 0.6 is 0 Å². The molecule has 118 valence electrons. The van der Waals surface area contributed by atoms with Crippen molar-refractivity contribution in [1.29, 1.82) is 0 Å². The molecule has 1 aliphatic carbocycles. The summed E-state index contributed by atoms with van der Waals surface area (Å²) in [7, 11) is 0. The van der Waals surface area contributed by atoms with Crippen molar-refractivity contribution in [1.82, 2.24) is 15.0 Å². The van der Waals surface area contributed by atoms with Gasteiger partial charge >= 0.3 is 0 Å². The molecular formula is C15H28N6. The lowest BCUT2D eigenvalue weighted by Crippen LogP contribution is -2.26. The summed E-state index contributed by atoms with van der Waals surface area (Å²) in [5, 5.41) is 3.35. The lowest BCUT2D eigenvalue weighted by atomic mass is 9.82. The second kappa shape index (κ2) is 7.43. The maximum absolute atomic E-state index is 5.81. The Bertz CT molecular complexity index is 446. The first-order chi connectivity index (χ1) is 10.1. The van der Waals surface area contributed by atoms with Crippen molar-refractivity contribution in [3.8, 4) is 0 Å². The normalized spacial score (nSPS) is 22.0. The van der Waals surface area contributed by atoms with Gasteiger partial charge in [-0.05, 0) is 38.5 Å². The summed E-state index contributed by atoms with van der Waals surface area (Å²) >= 11 is 0. The number of anilines is 3. The smallest absolute Gasteiger partial charge is 0.231 e. The van der Waals surface area contributed by atoms with E-state index < -0.39 is 0 Å². The van der Waals surface area contributed by atoms with Crippen LogP contribution in [0.5, 0.6) is 0 Å². The molecule has 1 heterocycles. The van der Waals surface area contributed by atoms with Crippen molar-refractivity contribution >= 4 is 17.8 Å². The molecule has 2 unspecified atom stereocenters. The van der Waals surface area contributed by atoms with Gasteiger partial charge in [-0.25, -0.2) is 0 Å². The molecule has 0 aromatic carbocycles. The average molecular weight is 292 g/mol. The lowest BCUT2D eigenvalue weighted by Gasteiger charge is -2.27. The van der Waals surface area contributed by atoms with Crippen molar-refractivity contribution in [3.63, 3.8) is 0 Å². The number of rotatable bonds is 6. The molecule has 2 atom stereocenters. The van der Waals surface area contributed by atoms with Crippen LogP contribution < -0.4 is 16.0 Å². The maximum atomic E-state index is 5.81. The van der Waals surface area contributed by atoms with Gasteiger partial charge in [-0.1, -0.05) is 19.8 Å². The van der Waals surface area contributed by atoms with Crippen molar-refractivity contribution in [2.75, 3.05) is 35.6 Å². The molecule has 6 nitrogen and oxygen atoms in total. The molecule has 0 saturated heterocycles. The van der Waals surface area contributed by atoms with E-state index in [0.29, 0.717) is 17.8 Å². The summed E-state index contributed by atoms with van der Waals surface area (Å²) in [6, 6.07) is 0. The summed E-state index contributed by atoms with van der Waals surface area (Å²) < 4.78 is 0. The third-order valence-corrected chi connectivity index (χ3v) is 4.28.